The van der Waals surface area contributed by atoms with Crippen LogP contribution < -0.4 is 5.73 Å². The fraction of sp³-hybridized carbons (Fsp3) is 0.600. The number of nitrogens with zero attached hydrogens (tertiary/aromatic N) is 2. The number of methoxy groups -OCH3 is 1. The third-order valence-corrected chi connectivity index (χ3v) is 2.12. The number of aryl methyl sites for hydroxylation is 1. The molecule has 0 aliphatic rings. The maximum absolute atomic E-state index is 11.2. The van der Waals surface area contributed by atoms with Gasteiger partial charge in [-0.25, -0.2) is 4.79 Å². The van der Waals surface area contributed by atoms with Crippen molar-refractivity contribution in [3.63, 3.8) is 0 Å². The van der Waals surface area contributed by atoms with Crippen molar-refractivity contribution in [2.75, 3.05) is 12.8 Å². The molecule has 3 N–H and O–H groups in total. The van der Waals surface area contributed by atoms with E-state index < -0.39 is 11.6 Å². The molecular weight excluding hydrogens is 210 g/mol. The molecule has 16 heavy (non-hydrogen) atoms. The molecule has 0 saturated heterocycles. The van der Waals surface area contributed by atoms with Gasteiger partial charge in [-0.15, -0.1) is 0 Å². The lowest BCUT2D eigenvalue weighted by atomic mass is 10.1. The topological polar surface area (TPSA) is 90.4 Å². The predicted molar refractivity (Wildman–Crippen MR) is 58.9 cm³/mol. The Kier molecular flexibility index (Phi) is 3.54. The van der Waals surface area contributed by atoms with E-state index in [0.29, 0.717) is 13.0 Å². The summed E-state index contributed by atoms with van der Waals surface area (Å²) < 4.78 is 6.06. The van der Waals surface area contributed by atoms with Crippen molar-refractivity contribution in [1.82, 2.24) is 9.78 Å². The first-order valence-corrected chi connectivity index (χ1v) is 4.97. The average Bonchev–Trinajstić information content (AvgIpc) is 2.55. The Labute approximate surface area is 94.0 Å². The lowest BCUT2D eigenvalue weighted by molar-refractivity contribution is 0.0592. The van der Waals surface area contributed by atoms with Gasteiger partial charge in [-0.05, 0) is 20.3 Å². The first-order valence-electron chi connectivity index (χ1n) is 4.97. The molecule has 0 bridgehead atoms. The van der Waals surface area contributed by atoms with Gasteiger partial charge in [-0.3, -0.25) is 4.68 Å². The summed E-state index contributed by atoms with van der Waals surface area (Å²) >= 11 is 0. The number of nitrogen functional groups attached to an aromatic ring is 1. The molecule has 90 valence electrons. The third-order valence-electron chi connectivity index (χ3n) is 2.12. The highest BCUT2D eigenvalue weighted by Gasteiger charge is 2.17. The minimum Gasteiger partial charge on any atom is -0.464 e. The molecule has 0 unspecified atom stereocenters. The third kappa shape index (κ3) is 3.23. The minimum absolute atomic E-state index is 0.109. The van der Waals surface area contributed by atoms with Crippen LogP contribution in [0.1, 0.15) is 30.8 Å². The van der Waals surface area contributed by atoms with E-state index in [1.54, 1.807) is 20.0 Å². The van der Waals surface area contributed by atoms with Crippen LogP contribution >= 0.6 is 0 Å². The van der Waals surface area contributed by atoms with E-state index in [2.05, 4.69) is 9.84 Å². The van der Waals surface area contributed by atoms with Gasteiger partial charge in [-0.1, -0.05) is 0 Å². The Bertz CT molecular complexity index is 379. The second-order valence-corrected chi connectivity index (χ2v) is 4.25. The number of carbonyl (C=O) groups is 1. The predicted octanol–water partition coefficient (Wildman–Crippen LogP) is 0.413. The number of aliphatic hydroxyl groups is 1. The molecule has 6 nitrogen and oxygen atoms in total. The molecule has 0 aliphatic heterocycles. The molecule has 1 heterocycles. The van der Waals surface area contributed by atoms with Crippen molar-refractivity contribution < 1.29 is 14.6 Å². The van der Waals surface area contributed by atoms with E-state index in [4.69, 9.17) is 5.73 Å². The zero-order chi connectivity index (χ0) is 12.3. The molecule has 0 atom stereocenters. The Morgan fingerprint density at radius 3 is 2.81 bits per heavy atom. The number of anilines is 1. The van der Waals surface area contributed by atoms with Crippen LogP contribution in [0.2, 0.25) is 0 Å². The smallest absolute Gasteiger partial charge is 0.360 e. The molecule has 1 aromatic rings. The van der Waals surface area contributed by atoms with Crippen molar-refractivity contribution in [2.45, 2.75) is 32.4 Å². The number of rotatable bonds is 4. The summed E-state index contributed by atoms with van der Waals surface area (Å²) in [5.74, 6) is -0.556. The lowest BCUT2D eigenvalue weighted by Gasteiger charge is -2.16. The van der Waals surface area contributed by atoms with Crippen LogP contribution in [0.25, 0.3) is 0 Å². The molecule has 0 radical (unpaired) electrons. The van der Waals surface area contributed by atoms with Crippen molar-refractivity contribution in [3.05, 3.63) is 11.9 Å². The quantitative estimate of drug-likeness (QED) is 0.727. The van der Waals surface area contributed by atoms with E-state index in [9.17, 15) is 9.90 Å². The molecule has 6 heteroatoms. The highest BCUT2D eigenvalue weighted by molar-refractivity contribution is 5.92. The van der Waals surface area contributed by atoms with Crippen molar-refractivity contribution in [2.24, 2.45) is 0 Å². The standard InChI is InChI=1S/C10H17N3O3/c1-10(2,15)4-5-13-6-7(11)8(12-13)9(14)16-3/h6,15H,4-5,11H2,1-3H3. The summed E-state index contributed by atoms with van der Waals surface area (Å²) in [4.78, 5) is 11.2. The summed E-state index contributed by atoms with van der Waals surface area (Å²) in [6.07, 6.45) is 2.08. The highest BCUT2D eigenvalue weighted by atomic mass is 16.5. The summed E-state index contributed by atoms with van der Waals surface area (Å²) in [5.41, 5.74) is 5.23. The van der Waals surface area contributed by atoms with E-state index in [1.807, 2.05) is 0 Å². The summed E-state index contributed by atoms with van der Waals surface area (Å²) in [6, 6.07) is 0. The maximum atomic E-state index is 11.2. The molecule has 0 fully saturated rings. The number of nitrogens with two attached hydrogens (primary N) is 1. The zero-order valence-electron chi connectivity index (χ0n) is 9.73. The Morgan fingerprint density at radius 2 is 2.31 bits per heavy atom. The van der Waals surface area contributed by atoms with Gasteiger partial charge in [0.2, 0.25) is 0 Å². The van der Waals surface area contributed by atoms with Gasteiger partial charge in [0, 0.05) is 12.7 Å². The Balaban J connectivity index is 2.74. The fourth-order valence-electron chi connectivity index (χ4n) is 1.19. The van der Waals surface area contributed by atoms with Gasteiger partial charge < -0.3 is 15.6 Å². The van der Waals surface area contributed by atoms with E-state index in [-0.39, 0.29) is 11.4 Å². The summed E-state index contributed by atoms with van der Waals surface area (Å²) in [6.45, 7) is 3.91. The lowest BCUT2D eigenvalue weighted by Crippen LogP contribution is -2.21. The molecule has 1 rings (SSSR count). The number of carbonyl (C=O) groups excluding carboxylic acids is 1. The van der Waals surface area contributed by atoms with E-state index in [1.165, 1.54) is 11.8 Å². The minimum atomic E-state index is -0.772. The molecule has 0 aliphatic carbocycles. The Hall–Kier alpha value is -1.56. The van der Waals surface area contributed by atoms with Crippen LogP contribution in [-0.2, 0) is 11.3 Å². The van der Waals surface area contributed by atoms with E-state index in [0.717, 1.165) is 0 Å². The van der Waals surface area contributed by atoms with Crippen LogP contribution in [0.15, 0.2) is 6.20 Å². The second kappa shape index (κ2) is 4.52. The van der Waals surface area contributed by atoms with Gasteiger partial charge in [0.15, 0.2) is 5.69 Å². The SMILES string of the molecule is COC(=O)c1nn(CCC(C)(C)O)cc1N. The van der Waals surface area contributed by atoms with Gasteiger partial charge in [0.05, 0.1) is 18.4 Å². The molecule has 0 saturated carbocycles. The highest BCUT2D eigenvalue weighted by Crippen LogP contribution is 2.13. The van der Waals surface area contributed by atoms with Crippen molar-refractivity contribution >= 4 is 11.7 Å². The second-order valence-electron chi connectivity index (χ2n) is 4.25. The van der Waals surface area contributed by atoms with E-state index >= 15 is 0 Å². The molecule has 0 amide bonds. The van der Waals surface area contributed by atoms with Crippen LogP contribution in [-0.4, -0.2) is 33.6 Å². The first kappa shape index (κ1) is 12.5. The summed E-state index contributed by atoms with van der Waals surface area (Å²) in [5, 5.41) is 13.5. The monoisotopic (exact) mass is 227 g/mol. The molecular formula is C10H17N3O3. The largest absolute Gasteiger partial charge is 0.464 e. The number of aromatic nitrogens is 2. The number of hydrogen-bond donors (Lipinski definition) is 2. The molecule has 0 aromatic carbocycles. The number of ether oxygens (including phenoxy) is 1. The molecule has 0 spiro atoms. The van der Waals surface area contributed by atoms with Gasteiger partial charge in [0.25, 0.3) is 0 Å². The Morgan fingerprint density at radius 1 is 1.69 bits per heavy atom. The van der Waals surface area contributed by atoms with Gasteiger partial charge in [-0.2, -0.15) is 5.10 Å². The fourth-order valence-corrected chi connectivity index (χ4v) is 1.19. The maximum Gasteiger partial charge on any atom is 0.360 e. The first-order chi connectivity index (χ1) is 7.33. The molecule has 1 aromatic heterocycles. The van der Waals surface area contributed by atoms with Crippen molar-refractivity contribution in [3.8, 4) is 0 Å². The zero-order valence-corrected chi connectivity index (χ0v) is 9.73. The number of esters is 1. The van der Waals surface area contributed by atoms with Crippen LogP contribution in [0.4, 0.5) is 5.69 Å². The van der Waals surface area contributed by atoms with Gasteiger partial charge in [0.1, 0.15) is 0 Å². The van der Waals surface area contributed by atoms with Crippen LogP contribution in [0.5, 0.6) is 0 Å². The summed E-state index contributed by atoms with van der Waals surface area (Å²) in [7, 11) is 1.28. The normalized spacial score (nSPS) is 11.5. The van der Waals surface area contributed by atoms with Gasteiger partial charge >= 0.3 is 5.97 Å². The number of hydrogen-bond acceptors (Lipinski definition) is 5. The van der Waals surface area contributed by atoms with Crippen LogP contribution in [0.3, 0.4) is 0 Å². The average molecular weight is 227 g/mol. The van der Waals surface area contributed by atoms with Crippen LogP contribution in [0, 0.1) is 0 Å². The van der Waals surface area contributed by atoms with Crippen molar-refractivity contribution in [1.29, 1.82) is 0 Å².